The fraction of sp³-hybridized carbons (Fsp3) is 0.875. The van der Waals surface area contributed by atoms with Crippen LogP contribution in [0.15, 0.2) is 0 Å². The Morgan fingerprint density at radius 2 is 2.11 bits per heavy atom. The first kappa shape index (κ1) is 5.45. The molecule has 0 N–H and O–H groups in total. The zero-order chi connectivity index (χ0) is 6.43. The van der Waals surface area contributed by atoms with Crippen molar-refractivity contribution < 1.29 is 4.79 Å². The monoisotopic (exact) mass is 124 g/mol. The summed E-state index contributed by atoms with van der Waals surface area (Å²) < 4.78 is 0. The first-order valence-corrected chi connectivity index (χ1v) is 3.79. The Morgan fingerprint density at radius 1 is 1.44 bits per heavy atom. The summed E-state index contributed by atoms with van der Waals surface area (Å²) in [6, 6.07) is 0. The van der Waals surface area contributed by atoms with Crippen molar-refractivity contribution in [1.82, 2.24) is 0 Å². The van der Waals surface area contributed by atoms with Crippen molar-refractivity contribution in [2.24, 2.45) is 17.8 Å². The second kappa shape index (κ2) is 1.59. The summed E-state index contributed by atoms with van der Waals surface area (Å²) in [4.78, 5) is 10.7. The van der Waals surface area contributed by atoms with E-state index >= 15 is 0 Å². The fourth-order valence-electron chi connectivity index (χ4n) is 1.73. The zero-order valence-electron chi connectivity index (χ0n) is 5.76. The van der Waals surface area contributed by atoms with Gasteiger partial charge < -0.3 is 0 Å². The highest BCUT2D eigenvalue weighted by atomic mass is 16.1. The average molecular weight is 124 g/mol. The highest BCUT2D eigenvalue weighted by Gasteiger charge is 2.49. The predicted molar refractivity (Wildman–Crippen MR) is 35.0 cm³/mol. The summed E-state index contributed by atoms with van der Waals surface area (Å²) in [6.45, 7) is 1.73. The lowest BCUT2D eigenvalue weighted by Crippen LogP contribution is -1.95. The number of rotatable bonds is 2. The highest BCUT2D eigenvalue weighted by molar-refractivity contribution is 5.81. The molecule has 0 amide bonds. The third-order valence-corrected chi connectivity index (χ3v) is 2.59. The molecule has 0 radical (unpaired) electrons. The molecule has 0 bridgehead atoms. The molecular weight excluding hydrogens is 112 g/mol. The summed E-state index contributed by atoms with van der Waals surface area (Å²) in [5, 5.41) is 0. The molecule has 2 saturated carbocycles. The van der Waals surface area contributed by atoms with E-state index in [2.05, 4.69) is 0 Å². The Balaban J connectivity index is 1.87. The minimum atomic E-state index is 0.423. The van der Waals surface area contributed by atoms with E-state index in [9.17, 15) is 4.79 Å². The number of Topliss-reactive ketones (excluding diaryl/α,β-unsaturated/α-hetero) is 1. The summed E-state index contributed by atoms with van der Waals surface area (Å²) in [5.74, 6) is 2.69. The number of carbonyl (C=O) groups is 1. The topological polar surface area (TPSA) is 17.1 Å². The van der Waals surface area contributed by atoms with Crippen LogP contribution in [-0.4, -0.2) is 5.78 Å². The Bertz CT molecular complexity index is 147. The molecule has 2 unspecified atom stereocenters. The Hall–Kier alpha value is -0.330. The van der Waals surface area contributed by atoms with Crippen LogP contribution >= 0.6 is 0 Å². The summed E-state index contributed by atoms with van der Waals surface area (Å²) in [7, 11) is 0. The summed E-state index contributed by atoms with van der Waals surface area (Å²) >= 11 is 0. The van der Waals surface area contributed by atoms with Gasteiger partial charge in [-0.05, 0) is 38.0 Å². The van der Waals surface area contributed by atoms with E-state index < -0.39 is 0 Å². The fourth-order valence-corrected chi connectivity index (χ4v) is 1.73. The molecule has 2 atom stereocenters. The van der Waals surface area contributed by atoms with Crippen LogP contribution in [0.3, 0.4) is 0 Å². The molecule has 0 spiro atoms. The third-order valence-electron chi connectivity index (χ3n) is 2.59. The average Bonchev–Trinajstić information content (AvgIpc) is 2.60. The van der Waals surface area contributed by atoms with Crippen LogP contribution in [0.5, 0.6) is 0 Å². The van der Waals surface area contributed by atoms with Crippen molar-refractivity contribution in [1.29, 1.82) is 0 Å². The molecule has 0 aromatic heterocycles. The maximum atomic E-state index is 10.7. The van der Waals surface area contributed by atoms with Crippen LogP contribution in [0.4, 0.5) is 0 Å². The third kappa shape index (κ3) is 0.887. The maximum Gasteiger partial charge on any atom is 0.133 e. The molecule has 2 aliphatic carbocycles. The normalized spacial score (nSPS) is 40.6. The second-order valence-corrected chi connectivity index (χ2v) is 3.45. The van der Waals surface area contributed by atoms with Crippen LogP contribution in [-0.2, 0) is 4.79 Å². The number of hydrogen-bond acceptors (Lipinski definition) is 1. The van der Waals surface area contributed by atoms with Gasteiger partial charge in [0.1, 0.15) is 5.78 Å². The zero-order valence-corrected chi connectivity index (χ0v) is 5.76. The van der Waals surface area contributed by atoms with E-state index in [1.807, 2.05) is 0 Å². The van der Waals surface area contributed by atoms with E-state index in [4.69, 9.17) is 0 Å². The molecule has 50 valence electrons. The molecule has 2 fully saturated rings. The highest BCUT2D eigenvalue weighted by Crippen LogP contribution is 2.54. The maximum absolute atomic E-state index is 10.7. The van der Waals surface area contributed by atoms with Gasteiger partial charge in [0.25, 0.3) is 0 Å². The van der Waals surface area contributed by atoms with Gasteiger partial charge >= 0.3 is 0 Å². The molecule has 0 aromatic carbocycles. The number of ketones is 1. The van der Waals surface area contributed by atoms with Gasteiger partial charge in [-0.2, -0.15) is 0 Å². The van der Waals surface area contributed by atoms with Gasteiger partial charge in [-0.25, -0.2) is 0 Å². The molecule has 1 heteroatoms. The van der Waals surface area contributed by atoms with Gasteiger partial charge in [0.05, 0.1) is 0 Å². The van der Waals surface area contributed by atoms with E-state index in [0.29, 0.717) is 11.7 Å². The van der Waals surface area contributed by atoms with E-state index in [1.165, 1.54) is 19.3 Å². The van der Waals surface area contributed by atoms with Crippen molar-refractivity contribution in [3.8, 4) is 0 Å². The molecule has 0 aliphatic heterocycles. The van der Waals surface area contributed by atoms with Gasteiger partial charge in [-0.1, -0.05) is 0 Å². The van der Waals surface area contributed by atoms with Crippen LogP contribution < -0.4 is 0 Å². The van der Waals surface area contributed by atoms with Gasteiger partial charge in [0, 0.05) is 5.92 Å². The predicted octanol–water partition coefficient (Wildman–Crippen LogP) is 1.62. The van der Waals surface area contributed by atoms with Crippen LogP contribution in [0.2, 0.25) is 0 Å². The summed E-state index contributed by atoms with van der Waals surface area (Å²) in [5.41, 5.74) is 0. The molecular formula is C8H12O. The van der Waals surface area contributed by atoms with Crippen LogP contribution in [0, 0.1) is 17.8 Å². The standard InChI is InChI=1S/C8H12O/c1-5(9)7-4-8(7)6-2-3-6/h6-8H,2-4H2,1H3. The van der Waals surface area contributed by atoms with Crippen molar-refractivity contribution >= 4 is 5.78 Å². The SMILES string of the molecule is CC(=O)C1CC1C1CC1. The second-order valence-electron chi connectivity index (χ2n) is 3.45. The quantitative estimate of drug-likeness (QED) is 0.546. The van der Waals surface area contributed by atoms with Crippen molar-refractivity contribution in [3.05, 3.63) is 0 Å². The van der Waals surface area contributed by atoms with Crippen molar-refractivity contribution in [2.75, 3.05) is 0 Å². The largest absolute Gasteiger partial charge is 0.300 e. The minimum Gasteiger partial charge on any atom is -0.300 e. The van der Waals surface area contributed by atoms with Crippen LogP contribution in [0.1, 0.15) is 26.2 Å². The molecule has 2 rings (SSSR count). The van der Waals surface area contributed by atoms with Gasteiger partial charge in [0.15, 0.2) is 0 Å². The lowest BCUT2D eigenvalue weighted by molar-refractivity contribution is -0.118. The molecule has 1 nitrogen and oxygen atoms in total. The van der Waals surface area contributed by atoms with Gasteiger partial charge in [-0.15, -0.1) is 0 Å². The van der Waals surface area contributed by atoms with E-state index in [-0.39, 0.29) is 0 Å². The molecule has 0 saturated heterocycles. The van der Waals surface area contributed by atoms with E-state index in [0.717, 1.165) is 11.8 Å². The lowest BCUT2D eigenvalue weighted by atomic mass is 10.2. The molecule has 2 aliphatic rings. The molecule has 0 heterocycles. The Morgan fingerprint density at radius 3 is 2.44 bits per heavy atom. The minimum absolute atomic E-state index is 0.423. The summed E-state index contributed by atoms with van der Waals surface area (Å²) in [6.07, 6.45) is 4.00. The molecule has 9 heavy (non-hydrogen) atoms. The number of hydrogen-bond donors (Lipinski definition) is 0. The van der Waals surface area contributed by atoms with Crippen molar-refractivity contribution in [2.45, 2.75) is 26.2 Å². The molecule has 0 aromatic rings. The first-order chi connectivity index (χ1) is 4.29. The van der Waals surface area contributed by atoms with Crippen molar-refractivity contribution in [3.63, 3.8) is 0 Å². The number of carbonyl (C=O) groups excluding carboxylic acids is 1. The van der Waals surface area contributed by atoms with E-state index in [1.54, 1.807) is 6.92 Å². The lowest BCUT2D eigenvalue weighted by Gasteiger charge is -1.88. The van der Waals surface area contributed by atoms with Gasteiger partial charge in [0.2, 0.25) is 0 Å². The van der Waals surface area contributed by atoms with Gasteiger partial charge in [-0.3, -0.25) is 4.79 Å². The Labute approximate surface area is 55.4 Å². The Kier molecular flexibility index (Phi) is 0.961. The van der Waals surface area contributed by atoms with Crippen LogP contribution in [0.25, 0.3) is 0 Å². The first-order valence-electron chi connectivity index (χ1n) is 3.79. The smallest absolute Gasteiger partial charge is 0.133 e.